The normalized spacial score (nSPS) is 24.6. The highest BCUT2D eigenvalue weighted by Gasteiger charge is 2.36. The molecule has 1 amide bonds. The Bertz CT molecular complexity index is 242. The van der Waals surface area contributed by atoms with Gasteiger partial charge < -0.3 is 4.90 Å². The van der Waals surface area contributed by atoms with E-state index >= 15 is 0 Å². The number of hydrogen-bond donors (Lipinski definition) is 0. The molecular weight excluding hydrogens is 234 g/mol. The molecule has 1 saturated heterocycles. The first-order valence-electron chi connectivity index (χ1n) is 6.87. The minimum Gasteiger partial charge on any atom is -0.327 e. The minimum atomic E-state index is -0.953. The molecule has 0 spiro atoms. The standard InChI is InChI=1S/C13H25NO2S/c1-3-5-7-9-13-14(10-8-6-4-2)12(15)11-17(13)16/h13H,3-11H2,1-2H3. The van der Waals surface area contributed by atoms with E-state index in [2.05, 4.69) is 13.8 Å². The van der Waals surface area contributed by atoms with E-state index in [1.807, 2.05) is 4.90 Å². The molecule has 1 fully saturated rings. The predicted molar refractivity (Wildman–Crippen MR) is 72.2 cm³/mol. The van der Waals surface area contributed by atoms with Gasteiger partial charge in [0, 0.05) is 6.54 Å². The van der Waals surface area contributed by atoms with Crippen LogP contribution in [0.15, 0.2) is 0 Å². The molecule has 100 valence electrons. The number of carbonyl (C=O) groups is 1. The molecule has 4 heteroatoms. The summed E-state index contributed by atoms with van der Waals surface area (Å²) in [5.41, 5.74) is 0. The maximum Gasteiger partial charge on any atom is 0.236 e. The smallest absolute Gasteiger partial charge is 0.236 e. The topological polar surface area (TPSA) is 37.4 Å². The highest BCUT2D eigenvalue weighted by Crippen LogP contribution is 2.21. The van der Waals surface area contributed by atoms with Crippen molar-refractivity contribution in [1.82, 2.24) is 4.90 Å². The summed E-state index contributed by atoms with van der Waals surface area (Å²) in [6.45, 7) is 5.12. The summed E-state index contributed by atoms with van der Waals surface area (Å²) in [6.07, 6.45) is 7.70. The molecule has 17 heavy (non-hydrogen) atoms. The van der Waals surface area contributed by atoms with Gasteiger partial charge in [0.2, 0.25) is 5.91 Å². The highest BCUT2D eigenvalue weighted by atomic mass is 32.2. The van der Waals surface area contributed by atoms with E-state index in [0.29, 0.717) is 0 Å². The average Bonchev–Trinajstić information content (AvgIpc) is 2.56. The van der Waals surface area contributed by atoms with E-state index in [4.69, 9.17) is 0 Å². The Hall–Kier alpha value is -0.380. The molecule has 0 bridgehead atoms. The van der Waals surface area contributed by atoms with Crippen molar-refractivity contribution >= 4 is 16.7 Å². The van der Waals surface area contributed by atoms with Crippen molar-refractivity contribution < 1.29 is 9.00 Å². The Morgan fingerprint density at radius 3 is 2.47 bits per heavy atom. The number of unbranched alkanes of at least 4 members (excludes halogenated alkanes) is 4. The first-order valence-corrected chi connectivity index (χ1v) is 8.25. The molecule has 2 atom stereocenters. The number of rotatable bonds is 8. The van der Waals surface area contributed by atoms with Crippen molar-refractivity contribution in [2.45, 2.75) is 64.2 Å². The van der Waals surface area contributed by atoms with Crippen LogP contribution in [-0.4, -0.2) is 32.7 Å². The van der Waals surface area contributed by atoms with E-state index in [1.165, 1.54) is 12.8 Å². The van der Waals surface area contributed by atoms with Crippen LogP contribution >= 0.6 is 0 Å². The van der Waals surface area contributed by atoms with Crippen LogP contribution in [-0.2, 0) is 15.6 Å². The third-order valence-corrected chi connectivity index (χ3v) is 4.92. The van der Waals surface area contributed by atoms with Crippen LogP contribution in [0.2, 0.25) is 0 Å². The monoisotopic (exact) mass is 259 g/mol. The maximum atomic E-state index is 11.9. The van der Waals surface area contributed by atoms with Gasteiger partial charge in [-0.25, -0.2) is 0 Å². The van der Waals surface area contributed by atoms with Gasteiger partial charge in [-0.1, -0.05) is 46.0 Å². The molecule has 1 aliphatic rings. The molecule has 0 aliphatic carbocycles. The second kappa shape index (κ2) is 7.85. The van der Waals surface area contributed by atoms with Crippen LogP contribution in [0.5, 0.6) is 0 Å². The molecule has 3 nitrogen and oxygen atoms in total. The van der Waals surface area contributed by atoms with Gasteiger partial charge >= 0.3 is 0 Å². The number of nitrogens with zero attached hydrogens (tertiary/aromatic N) is 1. The lowest BCUT2D eigenvalue weighted by atomic mass is 10.2. The fourth-order valence-electron chi connectivity index (χ4n) is 2.26. The zero-order valence-electron chi connectivity index (χ0n) is 11.1. The van der Waals surface area contributed by atoms with Gasteiger partial charge in [-0.3, -0.25) is 9.00 Å². The Labute approximate surface area is 107 Å². The molecular formula is C13H25NO2S. The lowest BCUT2D eigenvalue weighted by molar-refractivity contribution is -0.128. The summed E-state index contributed by atoms with van der Waals surface area (Å²) < 4.78 is 11.9. The molecule has 0 aromatic carbocycles. The summed E-state index contributed by atoms with van der Waals surface area (Å²) in [5, 5.41) is 0.00547. The number of amides is 1. The van der Waals surface area contributed by atoms with E-state index < -0.39 is 10.8 Å². The molecule has 1 aliphatic heterocycles. The molecule has 0 radical (unpaired) electrons. The molecule has 1 heterocycles. The van der Waals surface area contributed by atoms with Crippen molar-refractivity contribution in [2.75, 3.05) is 12.3 Å². The fourth-order valence-corrected chi connectivity index (χ4v) is 3.80. The van der Waals surface area contributed by atoms with Crippen LogP contribution in [0.3, 0.4) is 0 Å². The largest absolute Gasteiger partial charge is 0.327 e. The quantitative estimate of drug-likeness (QED) is 0.628. The first-order chi connectivity index (χ1) is 8.20. The van der Waals surface area contributed by atoms with Crippen molar-refractivity contribution in [3.05, 3.63) is 0 Å². The maximum absolute atomic E-state index is 11.9. The fraction of sp³-hybridized carbons (Fsp3) is 0.923. The summed E-state index contributed by atoms with van der Waals surface area (Å²) in [6, 6.07) is 0. The van der Waals surface area contributed by atoms with Crippen molar-refractivity contribution in [2.24, 2.45) is 0 Å². The SMILES string of the molecule is CCCCCC1N(CCCCC)C(=O)CS1=O. The van der Waals surface area contributed by atoms with E-state index in [0.717, 1.165) is 38.6 Å². The van der Waals surface area contributed by atoms with Crippen LogP contribution < -0.4 is 0 Å². The summed E-state index contributed by atoms with van der Waals surface area (Å²) >= 11 is 0. The van der Waals surface area contributed by atoms with Crippen LogP contribution in [0.4, 0.5) is 0 Å². The van der Waals surface area contributed by atoms with Gasteiger partial charge in [0.1, 0.15) is 11.1 Å². The second-order valence-electron chi connectivity index (χ2n) is 4.77. The summed E-state index contributed by atoms with van der Waals surface area (Å²) in [4.78, 5) is 13.6. The van der Waals surface area contributed by atoms with Gasteiger partial charge in [0.15, 0.2) is 0 Å². The molecule has 0 aromatic heterocycles. The summed E-state index contributed by atoms with van der Waals surface area (Å²) in [7, 11) is -0.953. The van der Waals surface area contributed by atoms with E-state index in [9.17, 15) is 9.00 Å². The van der Waals surface area contributed by atoms with Crippen molar-refractivity contribution in [3.63, 3.8) is 0 Å². The van der Waals surface area contributed by atoms with Crippen LogP contribution in [0.1, 0.15) is 58.8 Å². The van der Waals surface area contributed by atoms with Crippen molar-refractivity contribution in [3.8, 4) is 0 Å². The van der Waals surface area contributed by atoms with Gasteiger partial charge in [0.25, 0.3) is 0 Å². The minimum absolute atomic E-state index is 0.00547. The van der Waals surface area contributed by atoms with E-state index in [1.54, 1.807) is 0 Å². The average molecular weight is 259 g/mol. The van der Waals surface area contributed by atoms with Gasteiger partial charge in [0.05, 0.1) is 10.8 Å². The van der Waals surface area contributed by atoms with Gasteiger partial charge in [-0.2, -0.15) is 0 Å². The first kappa shape index (κ1) is 14.7. The van der Waals surface area contributed by atoms with E-state index in [-0.39, 0.29) is 17.0 Å². The molecule has 0 saturated carbocycles. The Balaban J connectivity index is 2.44. The van der Waals surface area contributed by atoms with Crippen LogP contribution in [0, 0.1) is 0 Å². The zero-order chi connectivity index (χ0) is 12.7. The Kier molecular flexibility index (Phi) is 6.78. The third-order valence-electron chi connectivity index (χ3n) is 3.29. The lowest BCUT2D eigenvalue weighted by Crippen LogP contribution is -2.35. The Morgan fingerprint density at radius 2 is 1.82 bits per heavy atom. The zero-order valence-corrected chi connectivity index (χ0v) is 11.9. The molecule has 0 aromatic rings. The Morgan fingerprint density at radius 1 is 1.18 bits per heavy atom. The summed E-state index contributed by atoms with van der Waals surface area (Å²) in [5.74, 6) is 0.351. The number of hydrogen-bond acceptors (Lipinski definition) is 2. The second-order valence-corrected chi connectivity index (χ2v) is 6.36. The number of carbonyl (C=O) groups excluding carboxylic acids is 1. The lowest BCUT2D eigenvalue weighted by Gasteiger charge is -2.23. The molecule has 0 N–H and O–H groups in total. The predicted octanol–water partition coefficient (Wildman–Crippen LogP) is 2.67. The van der Waals surface area contributed by atoms with Gasteiger partial charge in [-0.05, 0) is 12.8 Å². The van der Waals surface area contributed by atoms with Gasteiger partial charge in [-0.15, -0.1) is 0 Å². The third kappa shape index (κ3) is 4.41. The highest BCUT2D eigenvalue weighted by molar-refractivity contribution is 7.86. The van der Waals surface area contributed by atoms with Crippen LogP contribution in [0.25, 0.3) is 0 Å². The molecule has 2 unspecified atom stereocenters. The van der Waals surface area contributed by atoms with Crippen molar-refractivity contribution in [1.29, 1.82) is 0 Å². The molecule has 1 rings (SSSR count).